The van der Waals surface area contributed by atoms with Gasteiger partial charge in [0, 0.05) is 30.7 Å². The van der Waals surface area contributed by atoms with Gasteiger partial charge in [-0.05, 0) is 44.0 Å². The Kier molecular flexibility index (Phi) is 6.67. The average molecular weight is 531 g/mol. The van der Waals surface area contributed by atoms with Gasteiger partial charge in [0.25, 0.3) is 5.91 Å². The fourth-order valence-corrected chi connectivity index (χ4v) is 5.87. The second-order valence-electron chi connectivity index (χ2n) is 8.53. The van der Waals surface area contributed by atoms with Gasteiger partial charge in [-0.3, -0.25) is 17.8 Å². The van der Waals surface area contributed by atoms with Gasteiger partial charge in [0.1, 0.15) is 24.9 Å². The number of amides is 1. The number of fused-ring (bicyclic) bond motifs is 3. The molecule has 0 saturated carbocycles. The molecule has 11 heteroatoms. The van der Waals surface area contributed by atoms with Crippen LogP contribution in [0.15, 0.2) is 43.0 Å². The van der Waals surface area contributed by atoms with Crippen molar-refractivity contribution in [3.05, 3.63) is 69.9 Å². The molecule has 182 valence electrons. The summed E-state index contributed by atoms with van der Waals surface area (Å²) in [7, 11) is 3.67. The highest BCUT2D eigenvalue weighted by Crippen LogP contribution is 2.40. The molecule has 4 aromatic rings. The lowest BCUT2D eigenvalue weighted by molar-refractivity contribution is 0.0928. The Bertz CT molecular complexity index is 1380. The molecule has 35 heavy (non-hydrogen) atoms. The van der Waals surface area contributed by atoms with Crippen LogP contribution in [0.5, 0.6) is 0 Å². The van der Waals surface area contributed by atoms with Gasteiger partial charge in [0.15, 0.2) is 0 Å². The van der Waals surface area contributed by atoms with Crippen LogP contribution in [0.3, 0.4) is 0 Å². The molecular formula is C24H24Cl2N6O2S. The SMILES string of the molecule is COSN(C)c1c2n(c3ccc(C)cc13)CC(NC(=O)c1c(Cl)cc(-n3cnnc3)cc1Cl)CC2. The van der Waals surface area contributed by atoms with Crippen molar-refractivity contribution in [3.63, 3.8) is 0 Å². The molecule has 0 radical (unpaired) electrons. The molecular weight excluding hydrogens is 507 g/mol. The van der Waals surface area contributed by atoms with E-state index in [1.165, 1.54) is 28.9 Å². The largest absolute Gasteiger partial charge is 0.347 e. The lowest BCUT2D eigenvalue weighted by atomic mass is 10.0. The van der Waals surface area contributed by atoms with Crippen LogP contribution < -0.4 is 9.62 Å². The van der Waals surface area contributed by atoms with Gasteiger partial charge in [-0.25, -0.2) is 0 Å². The number of carbonyl (C=O) groups is 1. The highest BCUT2D eigenvalue weighted by atomic mass is 35.5. The molecule has 0 saturated heterocycles. The number of hydrogen-bond donors (Lipinski definition) is 1. The second kappa shape index (κ2) is 9.73. The third-order valence-electron chi connectivity index (χ3n) is 6.24. The van der Waals surface area contributed by atoms with E-state index in [1.54, 1.807) is 36.5 Å². The minimum absolute atomic E-state index is 0.0650. The zero-order valence-electron chi connectivity index (χ0n) is 19.5. The maximum atomic E-state index is 13.2. The maximum absolute atomic E-state index is 13.2. The van der Waals surface area contributed by atoms with Crippen LogP contribution in [-0.4, -0.2) is 45.4 Å². The van der Waals surface area contributed by atoms with Crippen LogP contribution in [-0.2, 0) is 17.1 Å². The molecule has 3 heterocycles. The van der Waals surface area contributed by atoms with Gasteiger partial charge in [0.2, 0.25) is 0 Å². The standard InChI is InChI=1S/C24H24Cl2N6O2S/c1-14-4-6-20-17(8-14)23(30(2)35-34-3)21-7-5-15(11-32(20)21)29-24(33)22-18(25)9-16(10-19(22)26)31-12-27-28-13-31/h4,6,8-10,12-13,15H,5,7,11H2,1-3H3,(H,29,33). The highest BCUT2D eigenvalue weighted by Gasteiger charge is 2.29. The van der Waals surface area contributed by atoms with Crippen molar-refractivity contribution in [2.75, 3.05) is 18.5 Å². The van der Waals surface area contributed by atoms with E-state index in [-0.39, 0.29) is 27.6 Å². The molecule has 2 aromatic heterocycles. The predicted molar refractivity (Wildman–Crippen MR) is 141 cm³/mol. The number of hydrogen-bond acceptors (Lipinski definition) is 6. The number of carbonyl (C=O) groups excluding carboxylic acids is 1. The molecule has 5 rings (SSSR count). The molecule has 0 fully saturated rings. The molecule has 8 nitrogen and oxygen atoms in total. The number of nitrogens with one attached hydrogen (secondary N) is 1. The summed E-state index contributed by atoms with van der Waals surface area (Å²) in [6.45, 7) is 2.74. The summed E-state index contributed by atoms with van der Waals surface area (Å²) in [5.74, 6) is -0.289. The summed E-state index contributed by atoms with van der Waals surface area (Å²) in [6, 6.07) is 9.76. The Morgan fingerprint density at radius 3 is 2.60 bits per heavy atom. The van der Waals surface area contributed by atoms with E-state index in [1.807, 2.05) is 7.05 Å². The Morgan fingerprint density at radius 1 is 1.20 bits per heavy atom. The summed E-state index contributed by atoms with van der Waals surface area (Å²) >= 11 is 14.3. The Balaban J connectivity index is 1.42. The van der Waals surface area contributed by atoms with Crippen molar-refractivity contribution in [3.8, 4) is 5.69 Å². The molecule has 0 spiro atoms. The molecule has 1 aliphatic heterocycles. The van der Waals surface area contributed by atoms with Gasteiger partial charge < -0.3 is 9.88 Å². The van der Waals surface area contributed by atoms with Gasteiger partial charge in [0.05, 0.1) is 39.6 Å². The maximum Gasteiger partial charge on any atom is 0.254 e. The van der Waals surface area contributed by atoms with E-state index >= 15 is 0 Å². The van der Waals surface area contributed by atoms with E-state index in [9.17, 15) is 4.79 Å². The zero-order chi connectivity index (χ0) is 24.7. The first kappa shape index (κ1) is 24.0. The summed E-state index contributed by atoms with van der Waals surface area (Å²) in [5, 5.41) is 12.5. The smallest absolute Gasteiger partial charge is 0.254 e. The van der Waals surface area contributed by atoms with E-state index < -0.39 is 0 Å². The molecule has 1 amide bonds. The third kappa shape index (κ3) is 4.49. The van der Waals surface area contributed by atoms with Gasteiger partial charge in [-0.15, -0.1) is 10.2 Å². The molecule has 2 aromatic carbocycles. The zero-order valence-corrected chi connectivity index (χ0v) is 21.8. The minimum atomic E-state index is -0.289. The number of rotatable bonds is 6. The lowest BCUT2D eigenvalue weighted by Gasteiger charge is -2.28. The quantitative estimate of drug-likeness (QED) is 0.271. The Hall–Kier alpha value is -2.72. The molecule has 0 aliphatic carbocycles. The average Bonchev–Trinajstić information content (AvgIpc) is 3.45. The Morgan fingerprint density at radius 2 is 1.91 bits per heavy atom. The topological polar surface area (TPSA) is 77.2 Å². The van der Waals surface area contributed by atoms with Gasteiger partial charge in [-0.1, -0.05) is 34.8 Å². The first-order chi connectivity index (χ1) is 16.9. The number of benzene rings is 2. The molecule has 1 atom stereocenters. The van der Waals surface area contributed by atoms with Crippen molar-refractivity contribution < 1.29 is 8.98 Å². The number of aromatic nitrogens is 4. The number of anilines is 1. The first-order valence-electron chi connectivity index (χ1n) is 11.1. The molecule has 1 aliphatic rings. The van der Waals surface area contributed by atoms with Crippen LogP contribution in [0.2, 0.25) is 10.0 Å². The lowest BCUT2D eigenvalue weighted by Crippen LogP contribution is -2.41. The fraction of sp³-hybridized carbons (Fsp3) is 0.292. The summed E-state index contributed by atoms with van der Waals surface area (Å²) < 4.78 is 11.3. The van der Waals surface area contributed by atoms with Gasteiger partial charge >= 0.3 is 0 Å². The van der Waals surface area contributed by atoms with E-state index in [0.717, 1.165) is 24.0 Å². The second-order valence-corrected chi connectivity index (χ2v) is 10.4. The van der Waals surface area contributed by atoms with Crippen LogP contribution in [0.25, 0.3) is 16.6 Å². The summed E-state index contributed by atoms with van der Waals surface area (Å²) in [4.78, 5) is 13.2. The fourth-order valence-electron chi connectivity index (χ4n) is 4.72. The number of halogens is 2. The summed E-state index contributed by atoms with van der Waals surface area (Å²) in [6.07, 6.45) is 4.70. The molecule has 1 N–H and O–H groups in total. The van der Waals surface area contributed by atoms with Crippen LogP contribution >= 0.6 is 35.4 Å². The van der Waals surface area contributed by atoms with E-state index in [0.29, 0.717) is 12.2 Å². The van der Waals surface area contributed by atoms with Crippen LogP contribution in [0.1, 0.15) is 28.0 Å². The van der Waals surface area contributed by atoms with Crippen LogP contribution in [0, 0.1) is 6.92 Å². The van der Waals surface area contributed by atoms with Gasteiger partial charge in [-0.2, -0.15) is 0 Å². The highest BCUT2D eigenvalue weighted by molar-refractivity contribution is 7.96. The van der Waals surface area contributed by atoms with E-state index in [4.69, 9.17) is 27.4 Å². The molecule has 1 unspecified atom stereocenters. The molecule has 0 bridgehead atoms. The normalized spacial score (nSPS) is 15.3. The first-order valence-corrected chi connectivity index (χ1v) is 12.5. The predicted octanol–water partition coefficient (Wildman–Crippen LogP) is 5.23. The monoisotopic (exact) mass is 530 g/mol. The number of aryl methyl sites for hydroxylation is 1. The number of nitrogens with zero attached hydrogens (tertiary/aromatic N) is 5. The third-order valence-corrected chi connectivity index (χ3v) is 7.39. The van der Waals surface area contributed by atoms with Crippen molar-refractivity contribution in [2.24, 2.45) is 0 Å². The minimum Gasteiger partial charge on any atom is -0.347 e. The van der Waals surface area contributed by atoms with Crippen molar-refractivity contribution in [1.82, 2.24) is 24.6 Å². The van der Waals surface area contributed by atoms with Crippen molar-refractivity contribution in [2.45, 2.75) is 32.4 Å². The Labute approximate surface area is 217 Å². The van der Waals surface area contributed by atoms with E-state index in [2.05, 4.69) is 49.5 Å². The van der Waals surface area contributed by atoms with Crippen molar-refractivity contribution in [1.29, 1.82) is 0 Å². The van der Waals surface area contributed by atoms with Crippen LogP contribution in [0.4, 0.5) is 5.69 Å². The summed E-state index contributed by atoms with van der Waals surface area (Å²) in [5.41, 5.74) is 5.66. The van der Waals surface area contributed by atoms with Crippen molar-refractivity contribution >= 4 is 57.9 Å².